The molecule has 0 aliphatic heterocycles. The number of carbonyl (C=O) groups excluding carboxylic acids is 1. The van der Waals surface area contributed by atoms with E-state index in [0.29, 0.717) is 6.54 Å². The lowest BCUT2D eigenvalue weighted by molar-refractivity contribution is -0.139. The van der Waals surface area contributed by atoms with Gasteiger partial charge in [0.05, 0.1) is 19.9 Å². The number of nitrogens with one attached hydrogen (secondary N) is 1. The average Bonchev–Trinajstić information content (AvgIpc) is 2.65. The van der Waals surface area contributed by atoms with Crippen molar-refractivity contribution in [2.45, 2.75) is 6.54 Å². The monoisotopic (exact) mass is 195 g/mol. The van der Waals surface area contributed by atoms with Gasteiger partial charge in [-0.1, -0.05) is 6.58 Å². The molecule has 1 aromatic heterocycles. The minimum atomic E-state index is -0.277. The molecule has 1 heterocycles. The zero-order chi connectivity index (χ0) is 10.4. The summed E-state index contributed by atoms with van der Waals surface area (Å²) in [6, 6.07) is 0. The molecule has 0 saturated carbocycles. The van der Waals surface area contributed by atoms with E-state index in [9.17, 15) is 4.79 Å². The van der Waals surface area contributed by atoms with E-state index in [0.717, 1.165) is 5.56 Å². The zero-order valence-electron chi connectivity index (χ0n) is 8.06. The Morgan fingerprint density at radius 2 is 2.64 bits per heavy atom. The van der Waals surface area contributed by atoms with Crippen molar-refractivity contribution in [3.8, 4) is 0 Å². The predicted molar refractivity (Wildman–Crippen MR) is 52.3 cm³/mol. The quantitative estimate of drug-likeness (QED) is 0.684. The number of carbonyl (C=O) groups is 1. The molecule has 5 heteroatoms. The maximum atomic E-state index is 10.7. The van der Waals surface area contributed by atoms with Crippen LogP contribution in [0.4, 0.5) is 0 Å². The van der Waals surface area contributed by atoms with Gasteiger partial charge in [-0.2, -0.15) is 5.10 Å². The molecule has 14 heavy (non-hydrogen) atoms. The van der Waals surface area contributed by atoms with Gasteiger partial charge in [0.15, 0.2) is 0 Å². The third kappa shape index (κ3) is 3.02. The number of hydrogen-bond acceptors (Lipinski definition) is 4. The van der Waals surface area contributed by atoms with Gasteiger partial charge in [0.1, 0.15) is 0 Å². The molecule has 1 N–H and O–H groups in total. The number of ether oxygens (including phenoxy) is 1. The van der Waals surface area contributed by atoms with Crippen molar-refractivity contribution in [3.05, 3.63) is 24.5 Å². The first-order valence-corrected chi connectivity index (χ1v) is 4.19. The van der Waals surface area contributed by atoms with Crippen molar-refractivity contribution in [1.82, 2.24) is 15.1 Å². The van der Waals surface area contributed by atoms with Gasteiger partial charge in [-0.15, -0.1) is 0 Å². The Morgan fingerprint density at radius 1 is 1.86 bits per heavy atom. The fourth-order valence-corrected chi connectivity index (χ4v) is 0.950. The third-order valence-electron chi connectivity index (χ3n) is 1.67. The summed E-state index contributed by atoms with van der Waals surface area (Å²) in [4.78, 5) is 10.7. The molecular weight excluding hydrogens is 182 g/mol. The van der Waals surface area contributed by atoms with E-state index >= 15 is 0 Å². The van der Waals surface area contributed by atoms with E-state index in [-0.39, 0.29) is 12.5 Å². The topological polar surface area (TPSA) is 56.2 Å². The Hall–Kier alpha value is -1.62. The van der Waals surface area contributed by atoms with E-state index in [1.807, 2.05) is 6.20 Å². The highest BCUT2D eigenvalue weighted by molar-refractivity contribution is 5.71. The van der Waals surface area contributed by atoms with Crippen molar-refractivity contribution in [2.24, 2.45) is 0 Å². The van der Waals surface area contributed by atoms with Crippen LogP contribution in [0.2, 0.25) is 0 Å². The second-order valence-corrected chi connectivity index (χ2v) is 2.69. The highest BCUT2D eigenvalue weighted by atomic mass is 16.5. The zero-order valence-corrected chi connectivity index (χ0v) is 8.06. The van der Waals surface area contributed by atoms with Crippen LogP contribution in [0.3, 0.4) is 0 Å². The van der Waals surface area contributed by atoms with Crippen molar-refractivity contribution < 1.29 is 9.53 Å². The standard InChI is InChI=1S/C9H13N3O2/c1-3-12-7-8(5-11-12)4-10-6-9(13)14-2/h3,5,7,10H,1,4,6H2,2H3. The Bertz CT molecular complexity index is 320. The molecule has 1 aromatic rings. The van der Waals surface area contributed by atoms with Crippen LogP contribution in [-0.2, 0) is 16.1 Å². The molecule has 0 amide bonds. The first-order chi connectivity index (χ1) is 6.76. The van der Waals surface area contributed by atoms with Crippen LogP contribution in [0.5, 0.6) is 0 Å². The van der Waals surface area contributed by atoms with Crippen LogP contribution in [0, 0.1) is 0 Å². The molecule has 0 aliphatic carbocycles. The first-order valence-electron chi connectivity index (χ1n) is 4.19. The molecular formula is C9H13N3O2. The van der Waals surface area contributed by atoms with Crippen LogP contribution in [0.25, 0.3) is 6.20 Å². The lowest BCUT2D eigenvalue weighted by Crippen LogP contribution is -2.23. The summed E-state index contributed by atoms with van der Waals surface area (Å²) in [6.45, 7) is 4.36. The molecule has 0 bridgehead atoms. The number of methoxy groups -OCH3 is 1. The van der Waals surface area contributed by atoms with Crippen molar-refractivity contribution in [2.75, 3.05) is 13.7 Å². The molecule has 0 spiro atoms. The number of esters is 1. The fraction of sp³-hybridized carbons (Fsp3) is 0.333. The summed E-state index contributed by atoms with van der Waals surface area (Å²) in [7, 11) is 1.36. The van der Waals surface area contributed by atoms with Crippen LogP contribution >= 0.6 is 0 Å². The minimum absolute atomic E-state index is 0.204. The summed E-state index contributed by atoms with van der Waals surface area (Å²) < 4.78 is 6.08. The van der Waals surface area contributed by atoms with Gasteiger partial charge < -0.3 is 10.1 Å². The molecule has 5 nitrogen and oxygen atoms in total. The van der Waals surface area contributed by atoms with E-state index in [1.165, 1.54) is 7.11 Å². The average molecular weight is 195 g/mol. The second kappa shape index (κ2) is 5.18. The number of nitrogens with zero attached hydrogens (tertiary/aromatic N) is 2. The van der Waals surface area contributed by atoms with E-state index in [1.54, 1.807) is 17.1 Å². The van der Waals surface area contributed by atoms with Crippen LogP contribution in [-0.4, -0.2) is 29.4 Å². The van der Waals surface area contributed by atoms with Gasteiger partial charge in [0, 0.05) is 24.5 Å². The number of rotatable bonds is 5. The van der Waals surface area contributed by atoms with Gasteiger partial charge in [0.2, 0.25) is 0 Å². The summed E-state index contributed by atoms with van der Waals surface area (Å²) >= 11 is 0. The van der Waals surface area contributed by atoms with E-state index in [2.05, 4.69) is 21.7 Å². The molecule has 0 unspecified atom stereocenters. The summed E-state index contributed by atoms with van der Waals surface area (Å²) in [5.74, 6) is -0.277. The lowest BCUT2D eigenvalue weighted by atomic mass is 10.3. The van der Waals surface area contributed by atoms with Gasteiger partial charge in [-0.3, -0.25) is 4.79 Å². The van der Waals surface area contributed by atoms with Crippen LogP contribution in [0.1, 0.15) is 5.56 Å². The Labute approximate surface area is 82.4 Å². The maximum Gasteiger partial charge on any atom is 0.319 e. The van der Waals surface area contributed by atoms with Gasteiger partial charge in [-0.25, -0.2) is 4.68 Å². The fourth-order valence-electron chi connectivity index (χ4n) is 0.950. The molecule has 0 saturated heterocycles. The van der Waals surface area contributed by atoms with Gasteiger partial charge in [-0.05, 0) is 0 Å². The Morgan fingerprint density at radius 3 is 3.21 bits per heavy atom. The van der Waals surface area contributed by atoms with E-state index in [4.69, 9.17) is 0 Å². The molecule has 76 valence electrons. The third-order valence-corrected chi connectivity index (χ3v) is 1.67. The molecule has 0 radical (unpaired) electrons. The maximum absolute atomic E-state index is 10.7. The van der Waals surface area contributed by atoms with Crippen LogP contribution in [0.15, 0.2) is 19.0 Å². The SMILES string of the molecule is C=Cn1cc(CNCC(=O)OC)cn1. The van der Waals surface area contributed by atoms with Crippen LogP contribution < -0.4 is 5.32 Å². The van der Waals surface area contributed by atoms with Gasteiger partial charge >= 0.3 is 5.97 Å². The second-order valence-electron chi connectivity index (χ2n) is 2.69. The molecule has 0 aromatic carbocycles. The number of aromatic nitrogens is 2. The lowest BCUT2D eigenvalue weighted by Gasteiger charge is -2.00. The normalized spacial score (nSPS) is 9.79. The minimum Gasteiger partial charge on any atom is -0.468 e. The summed E-state index contributed by atoms with van der Waals surface area (Å²) in [6.07, 6.45) is 5.15. The van der Waals surface area contributed by atoms with Crippen molar-refractivity contribution >= 4 is 12.2 Å². The smallest absolute Gasteiger partial charge is 0.319 e. The summed E-state index contributed by atoms with van der Waals surface area (Å²) in [5.41, 5.74) is 0.994. The predicted octanol–water partition coefficient (Wildman–Crippen LogP) is 0.246. The molecule has 0 aliphatic rings. The molecule has 0 fully saturated rings. The Balaban J connectivity index is 2.31. The Kier molecular flexibility index (Phi) is 3.87. The number of hydrogen-bond donors (Lipinski definition) is 1. The van der Waals surface area contributed by atoms with Crippen molar-refractivity contribution in [3.63, 3.8) is 0 Å². The molecule has 0 atom stereocenters. The highest BCUT2D eigenvalue weighted by Gasteiger charge is 2.00. The first kappa shape index (κ1) is 10.5. The molecule has 1 rings (SSSR count). The van der Waals surface area contributed by atoms with E-state index < -0.39 is 0 Å². The largest absolute Gasteiger partial charge is 0.468 e. The van der Waals surface area contributed by atoms with Crippen molar-refractivity contribution in [1.29, 1.82) is 0 Å². The van der Waals surface area contributed by atoms with Gasteiger partial charge in [0.25, 0.3) is 0 Å². The highest BCUT2D eigenvalue weighted by Crippen LogP contribution is 1.96. The summed E-state index contributed by atoms with van der Waals surface area (Å²) in [5, 5.41) is 6.92.